The summed E-state index contributed by atoms with van der Waals surface area (Å²) in [6, 6.07) is 14.8. The van der Waals surface area contributed by atoms with Gasteiger partial charge in [-0.1, -0.05) is 18.5 Å². The number of fused-ring (bicyclic) bond motifs is 1. The average molecular weight is 471 g/mol. The van der Waals surface area contributed by atoms with Gasteiger partial charge in [-0.3, -0.25) is 9.59 Å². The fraction of sp³-hybridized carbons (Fsp3) is 0.200. The SMILES string of the molecule is CCC1Oc2ccc(NC(=O)c3ccc(Cl)cc3)cc2CN(Cc2cc(F)cc(F)c2)C1=O. The Balaban J connectivity index is 1.59. The lowest BCUT2D eigenvalue weighted by molar-refractivity contribution is -0.139. The maximum Gasteiger partial charge on any atom is 0.264 e. The Morgan fingerprint density at radius 1 is 1.09 bits per heavy atom. The van der Waals surface area contributed by atoms with Gasteiger partial charge in [-0.2, -0.15) is 0 Å². The number of anilines is 1. The highest BCUT2D eigenvalue weighted by molar-refractivity contribution is 6.30. The van der Waals surface area contributed by atoms with E-state index < -0.39 is 17.7 Å². The second-order valence-electron chi connectivity index (χ2n) is 7.77. The summed E-state index contributed by atoms with van der Waals surface area (Å²) in [4.78, 5) is 27.1. The number of nitrogens with zero attached hydrogens (tertiary/aromatic N) is 1. The molecule has 1 aliphatic rings. The van der Waals surface area contributed by atoms with Gasteiger partial charge in [0.05, 0.1) is 0 Å². The number of carbonyl (C=O) groups is 2. The number of ether oxygens (including phenoxy) is 1. The molecule has 4 rings (SSSR count). The largest absolute Gasteiger partial charge is 0.480 e. The molecule has 0 aliphatic carbocycles. The molecule has 8 heteroatoms. The number of rotatable bonds is 5. The van der Waals surface area contributed by atoms with Crippen LogP contribution in [-0.4, -0.2) is 22.8 Å². The highest BCUT2D eigenvalue weighted by atomic mass is 35.5. The van der Waals surface area contributed by atoms with Crippen molar-refractivity contribution in [2.24, 2.45) is 0 Å². The highest BCUT2D eigenvalue weighted by Gasteiger charge is 2.30. The van der Waals surface area contributed by atoms with E-state index in [0.717, 1.165) is 6.07 Å². The number of carbonyl (C=O) groups excluding carboxylic acids is 2. The van der Waals surface area contributed by atoms with Crippen molar-refractivity contribution < 1.29 is 23.1 Å². The molecular formula is C25H21ClF2N2O3. The van der Waals surface area contributed by atoms with Crippen molar-refractivity contribution in [1.29, 1.82) is 0 Å². The first-order valence-corrected chi connectivity index (χ1v) is 10.8. The van der Waals surface area contributed by atoms with Crippen molar-refractivity contribution >= 4 is 29.1 Å². The number of benzene rings is 3. The molecule has 0 radical (unpaired) electrons. The second kappa shape index (κ2) is 9.58. The minimum Gasteiger partial charge on any atom is -0.480 e. The monoisotopic (exact) mass is 470 g/mol. The molecular weight excluding hydrogens is 450 g/mol. The molecule has 3 aromatic carbocycles. The van der Waals surface area contributed by atoms with Gasteiger partial charge in [0.2, 0.25) is 0 Å². The van der Waals surface area contributed by atoms with E-state index in [1.165, 1.54) is 17.0 Å². The Hall–Kier alpha value is -3.45. The predicted octanol–water partition coefficient (Wildman–Crippen LogP) is 5.57. The quantitative estimate of drug-likeness (QED) is 0.530. The predicted molar refractivity (Wildman–Crippen MR) is 121 cm³/mol. The molecule has 33 heavy (non-hydrogen) atoms. The molecule has 0 aromatic heterocycles. The minimum atomic E-state index is -0.723. The smallest absolute Gasteiger partial charge is 0.264 e. The van der Waals surface area contributed by atoms with Gasteiger partial charge in [0.1, 0.15) is 17.4 Å². The fourth-order valence-electron chi connectivity index (χ4n) is 3.71. The van der Waals surface area contributed by atoms with Crippen LogP contribution in [0.5, 0.6) is 5.75 Å². The third-order valence-corrected chi connectivity index (χ3v) is 5.56. The third-order valence-electron chi connectivity index (χ3n) is 5.31. The molecule has 1 heterocycles. The molecule has 2 amide bonds. The van der Waals surface area contributed by atoms with Crippen LogP contribution in [0.15, 0.2) is 60.7 Å². The Morgan fingerprint density at radius 2 is 1.79 bits per heavy atom. The Bertz CT molecular complexity index is 1180. The van der Waals surface area contributed by atoms with Gasteiger partial charge in [-0.25, -0.2) is 8.78 Å². The maximum absolute atomic E-state index is 13.7. The van der Waals surface area contributed by atoms with Crippen molar-refractivity contribution in [1.82, 2.24) is 4.90 Å². The van der Waals surface area contributed by atoms with Gasteiger partial charge in [-0.05, 0) is 66.6 Å². The van der Waals surface area contributed by atoms with E-state index >= 15 is 0 Å². The molecule has 0 bridgehead atoms. The Morgan fingerprint density at radius 3 is 2.45 bits per heavy atom. The fourth-order valence-corrected chi connectivity index (χ4v) is 3.83. The molecule has 5 nitrogen and oxygen atoms in total. The van der Waals surface area contributed by atoms with Crippen molar-refractivity contribution in [2.45, 2.75) is 32.5 Å². The van der Waals surface area contributed by atoms with Crippen molar-refractivity contribution in [3.63, 3.8) is 0 Å². The van der Waals surface area contributed by atoms with Gasteiger partial charge in [0.25, 0.3) is 11.8 Å². The zero-order chi connectivity index (χ0) is 23.5. The molecule has 1 N–H and O–H groups in total. The van der Waals surface area contributed by atoms with E-state index in [9.17, 15) is 18.4 Å². The van der Waals surface area contributed by atoms with Crippen LogP contribution >= 0.6 is 11.6 Å². The van der Waals surface area contributed by atoms with Crippen molar-refractivity contribution in [2.75, 3.05) is 5.32 Å². The lowest BCUT2D eigenvalue weighted by atomic mass is 10.1. The van der Waals surface area contributed by atoms with Gasteiger partial charge < -0.3 is 15.0 Å². The van der Waals surface area contributed by atoms with E-state index in [2.05, 4.69) is 5.32 Å². The van der Waals surface area contributed by atoms with Gasteiger partial charge in [-0.15, -0.1) is 0 Å². The van der Waals surface area contributed by atoms with E-state index in [1.807, 2.05) is 6.92 Å². The zero-order valence-electron chi connectivity index (χ0n) is 17.8. The minimum absolute atomic E-state index is 0.0220. The summed E-state index contributed by atoms with van der Waals surface area (Å²) in [7, 11) is 0. The number of hydrogen-bond acceptors (Lipinski definition) is 3. The lowest BCUT2D eigenvalue weighted by Crippen LogP contribution is -2.38. The first-order valence-electron chi connectivity index (χ1n) is 10.4. The summed E-state index contributed by atoms with van der Waals surface area (Å²) < 4.78 is 33.2. The van der Waals surface area contributed by atoms with Crippen LogP contribution in [0.25, 0.3) is 0 Å². The molecule has 1 unspecified atom stereocenters. The molecule has 0 spiro atoms. The van der Waals surface area contributed by atoms with Crippen LogP contribution < -0.4 is 10.1 Å². The van der Waals surface area contributed by atoms with Crippen LogP contribution in [0.2, 0.25) is 5.02 Å². The van der Waals surface area contributed by atoms with Gasteiger partial charge >= 0.3 is 0 Å². The molecule has 0 saturated carbocycles. The van der Waals surface area contributed by atoms with E-state index in [-0.39, 0.29) is 24.9 Å². The van der Waals surface area contributed by atoms with Crippen LogP contribution in [-0.2, 0) is 17.9 Å². The van der Waals surface area contributed by atoms with E-state index in [1.54, 1.807) is 42.5 Å². The maximum atomic E-state index is 13.7. The van der Waals surface area contributed by atoms with E-state index in [4.69, 9.17) is 16.3 Å². The first-order chi connectivity index (χ1) is 15.8. The summed E-state index contributed by atoms with van der Waals surface area (Å²) in [5.41, 5.74) is 1.98. The average Bonchev–Trinajstić information content (AvgIpc) is 2.89. The molecule has 1 atom stereocenters. The molecule has 170 valence electrons. The normalized spacial score (nSPS) is 15.5. The molecule has 3 aromatic rings. The molecule has 0 fully saturated rings. The number of halogens is 3. The molecule has 1 aliphatic heterocycles. The molecule has 0 saturated heterocycles. The third kappa shape index (κ3) is 5.31. The number of nitrogens with one attached hydrogen (secondary N) is 1. The summed E-state index contributed by atoms with van der Waals surface area (Å²) >= 11 is 5.88. The highest BCUT2D eigenvalue weighted by Crippen LogP contribution is 2.30. The summed E-state index contributed by atoms with van der Waals surface area (Å²) in [5, 5.41) is 3.35. The Labute approximate surface area is 194 Å². The number of amides is 2. The van der Waals surface area contributed by atoms with Crippen LogP contribution in [0.1, 0.15) is 34.8 Å². The van der Waals surface area contributed by atoms with Gasteiger partial charge in [0.15, 0.2) is 6.10 Å². The van der Waals surface area contributed by atoms with Crippen LogP contribution in [0.4, 0.5) is 14.5 Å². The van der Waals surface area contributed by atoms with Crippen LogP contribution in [0.3, 0.4) is 0 Å². The zero-order valence-corrected chi connectivity index (χ0v) is 18.5. The van der Waals surface area contributed by atoms with E-state index in [0.29, 0.717) is 39.6 Å². The number of hydrogen-bond donors (Lipinski definition) is 1. The van der Waals surface area contributed by atoms with Crippen molar-refractivity contribution in [3.8, 4) is 5.75 Å². The lowest BCUT2D eigenvalue weighted by Gasteiger charge is -2.23. The van der Waals surface area contributed by atoms with Gasteiger partial charge in [0, 0.05) is 41.0 Å². The second-order valence-corrected chi connectivity index (χ2v) is 8.21. The topological polar surface area (TPSA) is 58.6 Å². The standard InChI is InChI=1S/C25H21ClF2N2O3/c1-2-22-25(32)30(13-15-9-19(27)12-20(28)10-15)14-17-11-21(7-8-23(17)33-22)29-24(31)16-3-5-18(26)6-4-16/h3-12,22H,2,13-14H2,1H3,(H,29,31). The first kappa shape index (κ1) is 22.7. The van der Waals surface area contributed by atoms with Crippen LogP contribution in [0, 0.1) is 11.6 Å². The summed E-state index contributed by atoms with van der Waals surface area (Å²) in [6.45, 7) is 2.01. The summed E-state index contributed by atoms with van der Waals surface area (Å²) in [5.74, 6) is -1.47. The Kier molecular flexibility index (Phi) is 6.60. The van der Waals surface area contributed by atoms with Crippen molar-refractivity contribution in [3.05, 3.63) is 94.0 Å². The summed E-state index contributed by atoms with van der Waals surface area (Å²) in [6.07, 6.45) is -0.291.